The first-order chi connectivity index (χ1) is 34.1. The number of nitrogens with one attached hydrogen (secondary N) is 4. The zero-order valence-corrected chi connectivity index (χ0v) is 40.7. The predicted molar refractivity (Wildman–Crippen MR) is 254 cm³/mol. The zero-order chi connectivity index (χ0) is 52.4. The fourth-order valence-electron chi connectivity index (χ4n) is 11.6. The molecule has 2 heterocycles. The van der Waals surface area contributed by atoms with E-state index in [1.165, 1.54) is 25.2 Å². The largest absolute Gasteiger partial charge is 0.489 e. The number of ether oxygens (including phenoxy) is 6. The van der Waals surface area contributed by atoms with Gasteiger partial charge in [-0.1, -0.05) is 43.7 Å². The number of carboxylic acid groups (broad SMARTS) is 2. The van der Waals surface area contributed by atoms with E-state index in [9.17, 15) is 49.5 Å². The number of likely N-dealkylation sites (N-methyl/N-ethyl adjacent to an activating group) is 1. The number of nitrogens with zero attached hydrogens (tertiary/aromatic N) is 4. The Kier molecular flexibility index (Phi) is 17.8. The molecule has 7 atom stereocenters. The van der Waals surface area contributed by atoms with Gasteiger partial charge in [0.2, 0.25) is 12.2 Å². The molecule has 72 heavy (non-hydrogen) atoms. The molecule has 24 nitrogen and oxygen atoms in total. The number of aliphatic carboxylic acids is 1. The number of aliphatic hydroxyl groups is 3. The van der Waals surface area contributed by atoms with Crippen molar-refractivity contribution in [1.82, 2.24) is 20.9 Å². The molecular weight excluding hydrogens is 945 g/mol. The maximum Gasteiger partial charge on any atom is 0.414 e. The van der Waals surface area contributed by atoms with Gasteiger partial charge in [-0.25, -0.2) is 24.2 Å². The second-order valence-corrected chi connectivity index (χ2v) is 19.7. The summed E-state index contributed by atoms with van der Waals surface area (Å²) in [6.45, 7) is 11.5. The minimum Gasteiger partial charge on any atom is -0.489 e. The molecule has 5 fully saturated rings. The highest BCUT2D eigenvalue weighted by atomic mass is 16.7. The van der Waals surface area contributed by atoms with Gasteiger partial charge in [0, 0.05) is 48.4 Å². The molecule has 7 rings (SSSR count). The molecule has 0 radical (unpaired) electrons. The Balaban J connectivity index is 1.05. The smallest absolute Gasteiger partial charge is 0.414 e. The van der Waals surface area contributed by atoms with Gasteiger partial charge >= 0.3 is 24.1 Å². The van der Waals surface area contributed by atoms with Crippen LogP contribution in [0.2, 0.25) is 0 Å². The van der Waals surface area contributed by atoms with Crippen molar-refractivity contribution in [3.05, 3.63) is 81.6 Å². The standard InChI is InChI=1S/C48H64N8O16/c1-6-30(31-9-8-29(18-34(57)50-5)54-35(31)40(61)62)27(2)52-26-47-21-45(3)20-46(4,22-47)24-48(23-45,25-47)70-14-11-51-43(65)69-19-28-7-10-32(33(17-28)68-16-15-67-13-12-53-56-49)55-44(66)72-42-38(60)36(58)37(59)39(71-42)41(63)64/h6-10,17,36-39,42,52,58-60H,1,11-16,18-26H2,2-5H3,(H,50,57)(H,51,65)(H,55,66)(H,61,62)(H,63,64)/b30-27+/t36-,37-,38+,39-,42-,45?,46?,47?,48?/m0/s1. The van der Waals surface area contributed by atoms with Crippen LogP contribution in [-0.2, 0) is 46.3 Å². The Morgan fingerprint density at radius 1 is 0.931 bits per heavy atom. The van der Waals surface area contributed by atoms with E-state index in [4.69, 9.17) is 34.0 Å². The number of carboxylic acids is 2. The second-order valence-electron chi connectivity index (χ2n) is 19.7. The van der Waals surface area contributed by atoms with Crippen LogP contribution in [0.15, 0.2) is 53.8 Å². The van der Waals surface area contributed by atoms with Gasteiger partial charge in [-0.15, -0.1) is 0 Å². The van der Waals surface area contributed by atoms with E-state index < -0.39 is 60.4 Å². The Bertz CT molecular complexity index is 2430. The topological polar surface area (TPSA) is 352 Å². The Morgan fingerprint density at radius 3 is 2.33 bits per heavy atom. The molecule has 1 saturated heterocycles. The number of amides is 3. The summed E-state index contributed by atoms with van der Waals surface area (Å²) in [6.07, 6.45) is -4.78. The highest BCUT2D eigenvalue weighted by Crippen LogP contribution is 2.71. The van der Waals surface area contributed by atoms with E-state index in [-0.39, 0.29) is 91.8 Å². The summed E-state index contributed by atoms with van der Waals surface area (Å²) in [6, 6.07) is 7.72. The number of hydrogen-bond acceptors (Lipinski definition) is 17. The number of hydrogen-bond donors (Lipinski definition) is 9. The third-order valence-corrected chi connectivity index (χ3v) is 13.4. The lowest BCUT2D eigenvalue weighted by Crippen LogP contribution is -2.65. The van der Waals surface area contributed by atoms with Crippen LogP contribution in [0.3, 0.4) is 0 Å². The molecule has 4 aliphatic carbocycles. The van der Waals surface area contributed by atoms with Gasteiger partial charge < -0.3 is 69.9 Å². The molecule has 3 amide bonds. The maximum atomic E-state index is 13.0. The zero-order valence-electron chi connectivity index (χ0n) is 40.7. The molecule has 5 aliphatic rings. The number of alkyl carbamates (subject to hydrolysis) is 1. The first-order valence-electron chi connectivity index (χ1n) is 23.5. The number of aromatic nitrogens is 1. The lowest BCUT2D eigenvalue weighted by Gasteiger charge is -2.69. The second kappa shape index (κ2) is 23.3. The molecule has 4 bridgehead atoms. The number of aliphatic hydroxyl groups excluding tert-OH is 3. The molecule has 4 saturated carbocycles. The first kappa shape index (κ1) is 54.8. The van der Waals surface area contributed by atoms with E-state index >= 15 is 0 Å². The SMILES string of the molecule is C=C/C(=C(/C)NCC12CC3(C)CC(C)(C1)CC(OCCNC(=O)OCc1ccc(NC(=O)O[C@@H]4O[C@H](C(=O)O)[C@@H](O)[C@H](O)[C@H]4O)c(OCCOCCN=[N+]=[N-])c1)(C3)C2)c1ccc(CC(=O)NC)nc1C(=O)O. The molecule has 0 spiro atoms. The van der Waals surface area contributed by atoms with E-state index in [1.807, 2.05) is 6.92 Å². The summed E-state index contributed by atoms with van der Waals surface area (Å²) in [4.78, 5) is 68.7. The number of allylic oxidation sites excluding steroid dienone is 3. The number of rotatable bonds is 24. The van der Waals surface area contributed by atoms with E-state index in [0.717, 1.165) is 44.2 Å². The highest BCUT2D eigenvalue weighted by molar-refractivity contribution is 5.94. The number of carbonyl (C=O) groups excluding carboxylic acids is 3. The van der Waals surface area contributed by atoms with Crippen molar-refractivity contribution >= 4 is 41.3 Å². The van der Waals surface area contributed by atoms with E-state index in [1.54, 1.807) is 18.2 Å². The first-order valence-corrected chi connectivity index (χ1v) is 23.5. The van der Waals surface area contributed by atoms with Crippen LogP contribution in [-0.4, -0.2) is 150 Å². The lowest BCUT2D eigenvalue weighted by molar-refractivity contribution is -0.277. The summed E-state index contributed by atoms with van der Waals surface area (Å²) in [7, 11) is 1.50. The van der Waals surface area contributed by atoms with Gasteiger partial charge in [0.25, 0.3) is 0 Å². The molecule has 1 aromatic heterocycles. The summed E-state index contributed by atoms with van der Waals surface area (Å²) in [5.41, 5.74) is 10.3. The number of aromatic carboxylic acids is 1. The Hall–Kier alpha value is -6.53. The van der Waals surface area contributed by atoms with Gasteiger partial charge in [0.05, 0.1) is 43.2 Å². The van der Waals surface area contributed by atoms with Crippen LogP contribution >= 0.6 is 0 Å². The minimum atomic E-state index is -2.00. The number of carbonyl (C=O) groups is 5. The molecule has 9 N–H and O–H groups in total. The van der Waals surface area contributed by atoms with Crippen molar-refractivity contribution in [1.29, 1.82) is 0 Å². The van der Waals surface area contributed by atoms with Crippen molar-refractivity contribution in [3.8, 4) is 5.75 Å². The monoisotopic (exact) mass is 1010 g/mol. The third kappa shape index (κ3) is 13.5. The van der Waals surface area contributed by atoms with Crippen LogP contribution in [0.4, 0.5) is 15.3 Å². The predicted octanol–water partition coefficient (Wildman–Crippen LogP) is 3.78. The molecule has 24 heteroatoms. The highest BCUT2D eigenvalue weighted by Gasteiger charge is 2.66. The quantitative estimate of drug-likeness (QED) is 0.0237. The van der Waals surface area contributed by atoms with Gasteiger partial charge in [0.15, 0.2) is 11.8 Å². The summed E-state index contributed by atoms with van der Waals surface area (Å²) < 4.78 is 33.6. The molecular formula is C48H64N8O16. The number of anilines is 1. The maximum absolute atomic E-state index is 13.0. The minimum absolute atomic E-state index is 0.0114. The summed E-state index contributed by atoms with van der Waals surface area (Å²) >= 11 is 0. The number of benzene rings is 1. The van der Waals surface area contributed by atoms with Crippen LogP contribution < -0.4 is 26.0 Å². The number of pyridine rings is 1. The average Bonchev–Trinajstić information content (AvgIpc) is 3.31. The van der Waals surface area contributed by atoms with Gasteiger partial charge in [-0.3, -0.25) is 10.1 Å². The summed E-state index contributed by atoms with van der Waals surface area (Å²) in [5.74, 6) is -3.10. The molecule has 2 aromatic rings. The van der Waals surface area contributed by atoms with Crippen molar-refractivity contribution in [2.24, 2.45) is 21.4 Å². The van der Waals surface area contributed by atoms with Crippen molar-refractivity contribution in [2.75, 3.05) is 58.4 Å². The molecule has 1 aliphatic heterocycles. The van der Waals surface area contributed by atoms with Crippen molar-refractivity contribution in [3.63, 3.8) is 0 Å². The lowest BCUT2D eigenvalue weighted by atomic mass is 9.39. The number of azide groups is 1. The van der Waals surface area contributed by atoms with Crippen LogP contribution in [0, 0.1) is 16.2 Å². The third-order valence-electron chi connectivity index (χ3n) is 13.4. The van der Waals surface area contributed by atoms with E-state index in [0.29, 0.717) is 28.9 Å². The average molecular weight is 1010 g/mol. The van der Waals surface area contributed by atoms with Gasteiger partial charge in [-0.2, -0.15) is 0 Å². The van der Waals surface area contributed by atoms with Gasteiger partial charge in [0.1, 0.15) is 37.3 Å². The van der Waals surface area contributed by atoms with Crippen molar-refractivity contribution < 1.29 is 77.9 Å². The van der Waals surface area contributed by atoms with Crippen LogP contribution in [0.25, 0.3) is 16.0 Å². The van der Waals surface area contributed by atoms with Crippen LogP contribution in [0.5, 0.6) is 5.75 Å². The Morgan fingerprint density at radius 2 is 1.67 bits per heavy atom. The Labute approximate surface area is 415 Å². The van der Waals surface area contributed by atoms with E-state index in [2.05, 4.69) is 56.7 Å². The molecule has 1 aromatic carbocycles. The fraction of sp³-hybridized carbons (Fsp3) is 0.583. The van der Waals surface area contributed by atoms with Gasteiger partial charge in [-0.05, 0) is 91.0 Å². The normalized spacial score (nSPS) is 28.3. The molecule has 392 valence electrons. The van der Waals surface area contributed by atoms with Crippen molar-refractivity contribution in [2.45, 2.75) is 109 Å². The summed E-state index contributed by atoms with van der Waals surface area (Å²) in [5, 5.41) is 64.5. The fourth-order valence-corrected chi connectivity index (χ4v) is 11.6. The van der Waals surface area contributed by atoms with Crippen LogP contribution in [0.1, 0.15) is 86.6 Å². The molecule has 2 unspecified atom stereocenters.